The fourth-order valence-corrected chi connectivity index (χ4v) is 5.19. The molecule has 0 spiro atoms. The van der Waals surface area contributed by atoms with Crippen molar-refractivity contribution in [3.8, 4) is 5.75 Å². The highest BCUT2D eigenvalue weighted by Gasteiger charge is 2.18. The van der Waals surface area contributed by atoms with Crippen molar-refractivity contribution in [3.05, 3.63) is 35.3 Å². The van der Waals surface area contributed by atoms with Gasteiger partial charge in [0.25, 0.3) is 10.0 Å². The van der Waals surface area contributed by atoms with Crippen molar-refractivity contribution >= 4 is 32.4 Å². The van der Waals surface area contributed by atoms with Crippen molar-refractivity contribution < 1.29 is 17.9 Å². The van der Waals surface area contributed by atoms with Crippen LogP contribution in [0.15, 0.2) is 34.5 Å². The molecule has 0 saturated heterocycles. The van der Waals surface area contributed by atoms with Crippen LogP contribution in [0.5, 0.6) is 5.75 Å². The maximum absolute atomic E-state index is 12.5. The molecule has 0 unspecified atom stereocenters. The van der Waals surface area contributed by atoms with E-state index in [1.54, 1.807) is 17.5 Å². The van der Waals surface area contributed by atoms with Crippen molar-refractivity contribution in [2.45, 2.75) is 55.9 Å². The van der Waals surface area contributed by atoms with E-state index in [0.717, 1.165) is 37.0 Å². The van der Waals surface area contributed by atoms with Gasteiger partial charge in [0.2, 0.25) is 5.91 Å². The zero-order valence-corrected chi connectivity index (χ0v) is 17.4. The Hall–Kier alpha value is -2.13. The van der Waals surface area contributed by atoms with Crippen molar-refractivity contribution in [1.29, 1.82) is 0 Å². The second-order valence-corrected chi connectivity index (χ2v) is 9.40. The molecule has 1 heterocycles. The van der Waals surface area contributed by atoms with E-state index in [9.17, 15) is 13.2 Å². The number of ether oxygens (including phenoxy) is 1. The Morgan fingerprint density at radius 1 is 1.18 bits per heavy atom. The van der Waals surface area contributed by atoms with Crippen LogP contribution in [-0.2, 0) is 21.2 Å². The Kier molecular flexibility index (Phi) is 6.90. The summed E-state index contributed by atoms with van der Waals surface area (Å²) in [4.78, 5) is 16.6. The maximum Gasteiger partial charge on any atom is 0.263 e. The minimum Gasteiger partial charge on any atom is -0.497 e. The van der Waals surface area contributed by atoms with Crippen LogP contribution in [0.3, 0.4) is 0 Å². The van der Waals surface area contributed by atoms with Crippen LogP contribution in [0.1, 0.15) is 44.2 Å². The molecule has 0 bridgehead atoms. The first-order chi connectivity index (χ1) is 13.5. The molecule has 1 saturated carbocycles. The number of hydrogen-bond donors (Lipinski definition) is 2. The standard InChI is InChI=1S/C19H25N3O4S2/c1-26-16-8-10-17(11-9-16)28(24,25)22-19-21-15(13-27-19)12-18(23)20-14-6-4-2-3-5-7-14/h8-11,13-14H,2-7,12H2,1H3,(H,20,23)(H,21,22). The fraction of sp³-hybridized carbons (Fsp3) is 0.474. The zero-order chi connectivity index (χ0) is 20.0. The van der Waals surface area contributed by atoms with Crippen LogP contribution in [0.25, 0.3) is 0 Å². The number of aromatic nitrogens is 1. The van der Waals surface area contributed by atoms with Crippen molar-refractivity contribution in [2.24, 2.45) is 0 Å². The van der Waals surface area contributed by atoms with Crippen LogP contribution in [0.2, 0.25) is 0 Å². The van der Waals surface area contributed by atoms with E-state index < -0.39 is 10.0 Å². The summed E-state index contributed by atoms with van der Waals surface area (Å²) in [6.45, 7) is 0. The van der Waals surface area contributed by atoms with Gasteiger partial charge in [-0.2, -0.15) is 0 Å². The molecule has 1 amide bonds. The molecule has 2 N–H and O–H groups in total. The number of sulfonamides is 1. The molecule has 0 atom stereocenters. The number of rotatable bonds is 7. The van der Waals surface area contributed by atoms with Gasteiger partial charge in [0, 0.05) is 11.4 Å². The van der Waals surface area contributed by atoms with Crippen LogP contribution in [0, 0.1) is 0 Å². The molecular formula is C19H25N3O4S2. The van der Waals surface area contributed by atoms with Crippen LogP contribution in [-0.4, -0.2) is 32.5 Å². The molecule has 1 aliphatic carbocycles. The van der Waals surface area contributed by atoms with Gasteiger partial charge in [0.15, 0.2) is 5.13 Å². The average Bonchev–Trinajstić information content (AvgIpc) is 2.93. The number of hydrogen-bond acceptors (Lipinski definition) is 6. The number of methoxy groups -OCH3 is 1. The highest BCUT2D eigenvalue weighted by atomic mass is 32.2. The lowest BCUT2D eigenvalue weighted by molar-refractivity contribution is -0.121. The fourth-order valence-electron chi connectivity index (χ4n) is 3.23. The Morgan fingerprint density at radius 3 is 2.50 bits per heavy atom. The van der Waals surface area contributed by atoms with E-state index in [0.29, 0.717) is 11.4 Å². The van der Waals surface area contributed by atoms with Gasteiger partial charge in [-0.3, -0.25) is 9.52 Å². The third-order valence-electron chi connectivity index (χ3n) is 4.71. The zero-order valence-electron chi connectivity index (χ0n) is 15.8. The number of carbonyl (C=O) groups is 1. The second kappa shape index (κ2) is 9.38. The number of thiazole rings is 1. The lowest BCUT2D eigenvalue weighted by atomic mass is 10.1. The number of carbonyl (C=O) groups excluding carboxylic acids is 1. The summed E-state index contributed by atoms with van der Waals surface area (Å²) in [6, 6.07) is 6.34. The highest BCUT2D eigenvalue weighted by molar-refractivity contribution is 7.93. The molecule has 0 radical (unpaired) electrons. The molecule has 2 aromatic rings. The van der Waals surface area contributed by atoms with Gasteiger partial charge in [-0.1, -0.05) is 25.7 Å². The number of anilines is 1. The number of nitrogens with one attached hydrogen (secondary N) is 2. The van der Waals surface area contributed by atoms with Gasteiger partial charge >= 0.3 is 0 Å². The molecule has 1 aromatic heterocycles. The van der Waals surface area contributed by atoms with Gasteiger partial charge in [-0.25, -0.2) is 13.4 Å². The Morgan fingerprint density at radius 2 is 1.86 bits per heavy atom. The van der Waals surface area contributed by atoms with Crippen molar-refractivity contribution in [1.82, 2.24) is 10.3 Å². The predicted molar refractivity (Wildman–Crippen MR) is 109 cm³/mol. The average molecular weight is 424 g/mol. The van der Waals surface area contributed by atoms with Gasteiger partial charge in [-0.15, -0.1) is 11.3 Å². The third kappa shape index (κ3) is 5.68. The molecule has 0 aliphatic heterocycles. The molecule has 1 aromatic carbocycles. The summed E-state index contributed by atoms with van der Waals surface area (Å²) >= 11 is 1.16. The molecule has 1 fully saturated rings. The summed E-state index contributed by atoms with van der Waals surface area (Å²) in [5.41, 5.74) is 0.559. The lowest BCUT2D eigenvalue weighted by Crippen LogP contribution is -2.35. The summed E-state index contributed by atoms with van der Waals surface area (Å²) < 4.78 is 32.4. The van der Waals surface area contributed by atoms with Crippen LogP contribution < -0.4 is 14.8 Å². The summed E-state index contributed by atoms with van der Waals surface area (Å²) in [6.07, 6.45) is 6.97. The smallest absolute Gasteiger partial charge is 0.263 e. The van der Waals surface area contributed by atoms with E-state index in [1.165, 1.54) is 32.1 Å². The minimum absolute atomic E-state index is 0.0678. The van der Waals surface area contributed by atoms with Gasteiger partial charge in [0.05, 0.1) is 24.1 Å². The van der Waals surface area contributed by atoms with Gasteiger partial charge in [-0.05, 0) is 37.1 Å². The predicted octanol–water partition coefficient (Wildman–Crippen LogP) is 3.33. The Balaban J connectivity index is 1.57. The van der Waals surface area contributed by atoms with Crippen LogP contribution in [0.4, 0.5) is 5.13 Å². The Bertz CT molecular complexity index is 886. The molecule has 28 heavy (non-hydrogen) atoms. The van der Waals surface area contributed by atoms with Crippen molar-refractivity contribution in [2.75, 3.05) is 11.8 Å². The molecule has 1 aliphatic rings. The van der Waals surface area contributed by atoms with E-state index in [4.69, 9.17) is 4.74 Å². The molecule has 7 nitrogen and oxygen atoms in total. The molecule has 3 rings (SSSR count). The van der Waals surface area contributed by atoms with Crippen molar-refractivity contribution in [3.63, 3.8) is 0 Å². The van der Waals surface area contributed by atoms with Gasteiger partial charge < -0.3 is 10.1 Å². The normalized spacial score (nSPS) is 15.6. The van der Waals surface area contributed by atoms with E-state index in [-0.39, 0.29) is 28.4 Å². The molecular weight excluding hydrogens is 398 g/mol. The van der Waals surface area contributed by atoms with Crippen LogP contribution >= 0.6 is 11.3 Å². The van der Waals surface area contributed by atoms with Gasteiger partial charge in [0.1, 0.15) is 5.75 Å². The number of benzene rings is 1. The quantitative estimate of drug-likeness (QED) is 0.666. The van der Waals surface area contributed by atoms with E-state index in [1.807, 2.05) is 0 Å². The first-order valence-electron chi connectivity index (χ1n) is 9.37. The summed E-state index contributed by atoms with van der Waals surface area (Å²) in [5.74, 6) is 0.511. The topological polar surface area (TPSA) is 97.4 Å². The first-order valence-corrected chi connectivity index (χ1v) is 11.7. The third-order valence-corrected chi connectivity index (χ3v) is 7.00. The number of amides is 1. The molecule has 152 valence electrons. The molecule has 9 heteroatoms. The lowest BCUT2D eigenvalue weighted by Gasteiger charge is -2.15. The largest absolute Gasteiger partial charge is 0.497 e. The highest BCUT2D eigenvalue weighted by Crippen LogP contribution is 2.22. The SMILES string of the molecule is COc1ccc(S(=O)(=O)Nc2nc(CC(=O)NC3CCCCCC3)cs2)cc1. The minimum atomic E-state index is -3.74. The second-order valence-electron chi connectivity index (χ2n) is 6.86. The Labute approximate surface area is 169 Å². The summed E-state index contributed by atoms with van der Waals surface area (Å²) in [7, 11) is -2.22. The number of nitrogens with zero attached hydrogens (tertiary/aromatic N) is 1. The van der Waals surface area contributed by atoms with E-state index >= 15 is 0 Å². The van der Waals surface area contributed by atoms with E-state index in [2.05, 4.69) is 15.0 Å². The summed E-state index contributed by atoms with van der Waals surface area (Å²) in [5, 5.41) is 5.03. The maximum atomic E-state index is 12.5. The monoisotopic (exact) mass is 423 g/mol. The first kappa shape index (κ1) is 20.6.